The highest BCUT2D eigenvalue weighted by Crippen LogP contribution is 2.56. The van der Waals surface area contributed by atoms with Crippen LogP contribution in [-0.4, -0.2) is 39.3 Å². The molecule has 3 unspecified atom stereocenters. The van der Waals surface area contributed by atoms with Crippen LogP contribution < -0.4 is 10.3 Å². The van der Waals surface area contributed by atoms with Crippen molar-refractivity contribution in [1.29, 1.82) is 0 Å². The molecule has 0 spiro atoms. The van der Waals surface area contributed by atoms with Crippen molar-refractivity contribution < 1.29 is 19.6 Å². The van der Waals surface area contributed by atoms with Crippen molar-refractivity contribution in [2.24, 2.45) is 17.8 Å². The van der Waals surface area contributed by atoms with Gasteiger partial charge in [-0.1, -0.05) is 0 Å². The van der Waals surface area contributed by atoms with E-state index in [-0.39, 0.29) is 12.0 Å². The highest BCUT2D eigenvalue weighted by Gasteiger charge is 2.55. The van der Waals surface area contributed by atoms with Gasteiger partial charge in [0.15, 0.2) is 11.8 Å². The zero-order valence-corrected chi connectivity index (χ0v) is 14.9. The monoisotopic (exact) mass is 357 g/mol. The lowest BCUT2D eigenvalue weighted by molar-refractivity contribution is -0.347. The third kappa shape index (κ3) is 2.40. The Kier molecular flexibility index (Phi) is 3.50. The quantitative estimate of drug-likeness (QED) is 0.726. The minimum atomic E-state index is -0.466. The zero-order valence-electron chi connectivity index (χ0n) is 14.9. The van der Waals surface area contributed by atoms with Gasteiger partial charge in [0.1, 0.15) is 11.8 Å². The van der Waals surface area contributed by atoms with Gasteiger partial charge in [-0.3, -0.25) is 4.98 Å². The van der Waals surface area contributed by atoms with Crippen LogP contribution in [0.5, 0.6) is 0 Å². The fourth-order valence-corrected chi connectivity index (χ4v) is 5.84. The molecular formula is C19H25N4O3+. The molecule has 4 fully saturated rings. The summed E-state index contributed by atoms with van der Waals surface area (Å²) in [6.45, 7) is 2.13. The molecule has 2 aromatic heterocycles. The summed E-state index contributed by atoms with van der Waals surface area (Å²) in [5.41, 5.74) is 2.26. The van der Waals surface area contributed by atoms with E-state index in [9.17, 15) is 9.90 Å². The number of aliphatic hydroxyl groups is 1. The average Bonchev–Trinajstić information content (AvgIpc) is 3.05. The van der Waals surface area contributed by atoms with Gasteiger partial charge in [-0.15, -0.1) is 4.98 Å². The van der Waals surface area contributed by atoms with Gasteiger partial charge in [0.25, 0.3) is 0 Å². The zero-order chi connectivity index (χ0) is 17.9. The van der Waals surface area contributed by atoms with E-state index in [0.29, 0.717) is 35.6 Å². The SMILES string of the molecule is CCOC(=O)c1cnc2[nH+]c[nH]c2c1NC1[C@@H]2CC3C[C@H]1CC(O)(C3)C2. The molecule has 0 aliphatic heterocycles. The number of anilines is 1. The van der Waals surface area contributed by atoms with Gasteiger partial charge in [0, 0.05) is 6.04 Å². The standard InChI is InChI=1S/C19H24N4O3/c1-2-26-18(24)13-8-20-17-16(21-9-22-17)15(13)23-14-11-3-10-4-12(14)7-19(25,5-10)6-11/h8-12,14,25H,2-7H2,1H3,(H2,20,21,22,23)/p+1/t10?,11-,12+,14?,19?. The number of fused-ring (bicyclic) bond motifs is 1. The molecule has 4 bridgehead atoms. The van der Waals surface area contributed by atoms with Crippen LogP contribution in [0.1, 0.15) is 49.4 Å². The van der Waals surface area contributed by atoms with E-state index in [0.717, 1.165) is 43.3 Å². The molecule has 2 heterocycles. The minimum Gasteiger partial charge on any atom is -0.462 e. The lowest BCUT2D eigenvalue weighted by Gasteiger charge is -2.58. The van der Waals surface area contributed by atoms with Crippen molar-refractivity contribution in [1.82, 2.24) is 9.97 Å². The number of carbonyl (C=O) groups excluding carboxylic acids is 1. The lowest BCUT2D eigenvalue weighted by atomic mass is 9.52. The van der Waals surface area contributed by atoms with Gasteiger partial charge in [-0.2, -0.15) is 0 Å². The highest BCUT2D eigenvalue weighted by molar-refractivity contribution is 6.02. The number of esters is 1. The molecule has 4 aliphatic carbocycles. The van der Waals surface area contributed by atoms with Gasteiger partial charge in [0.05, 0.1) is 17.9 Å². The summed E-state index contributed by atoms with van der Waals surface area (Å²) in [4.78, 5) is 23.0. The smallest absolute Gasteiger partial charge is 0.343 e. The number of hydrogen-bond donors (Lipinski definition) is 3. The maximum atomic E-state index is 12.5. The van der Waals surface area contributed by atoms with Crippen LogP contribution in [0.25, 0.3) is 11.2 Å². The maximum absolute atomic E-state index is 12.5. The van der Waals surface area contributed by atoms with Gasteiger partial charge in [-0.05, 0) is 56.8 Å². The first-order valence-electron chi connectivity index (χ1n) is 9.60. The predicted molar refractivity (Wildman–Crippen MR) is 94.5 cm³/mol. The van der Waals surface area contributed by atoms with Crippen molar-refractivity contribution >= 4 is 22.8 Å². The Morgan fingerprint density at radius 2 is 2.19 bits per heavy atom. The first kappa shape index (κ1) is 16.1. The van der Waals surface area contributed by atoms with Crippen LogP contribution in [0.3, 0.4) is 0 Å². The first-order valence-corrected chi connectivity index (χ1v) is 9.60. The number of nitrogens with one attached hydrogen (secondary N) is 3. The summed E-state index contributed by atoms with van der Waals surface area (Å²) in [5.74, 6) is 1.18. The molecule has 2 aromatic rings. The Labute approximate surface area is 151 Å². The van der Waals surface area contributed by atoms with Gasteiger partial charge >= 0.3 is 11.6 Å². The number of rotatable bonds is 4. The second kappa shape index (κ2) is 5.67. The van der Waals surface area contributed by atoms with Crippen LogP contribution in [-0.2, 0) is 4.74 Å². The molecule has 26 heavy (non-hydrogen) atoms. The molecule has 4 saturated carbocycles. The van der Waals surface area contributed by atoms with E-state index in [1.54, 1.807) is 19.4 Å². The second-order valence-corrected chi connectivity index (χ2v) is 8.29. The second-order valence-electron chi connectivity index (χ2n) is 8.29. The molecular weight excluding hydrogens is 332 g/mol. The van der Waals surface area contributed by atoms with E-state index in [1.165, 1.54) is 0 Å². The summed E-state index contributed by atoms with van der Waals surface area (Å²) < 4.78 is 5.23. The van der Waals surface area contributed by atoms with Crippen LogP contribution in [0, 0.1) is 17.8 Å². The van der Waals surface area contributed by atoms with Crippen LogP contribution in [0.15, 0.2) is 12.5 Å². The number of carbonyl (C=O) groups is 1. The van der Waals surface area contributed by atoms with Crippen molar-refractivity contribution in [3.8, 4) is 0 Å². The molecule has 0 saturated heterocycles. The molecule has 0 amide bonds. The number of pyridine rings is 1. The Morgan fingerprint density at radius 1 is 1.42 bits per heavy atom. The lowest BCUT2D eigenvalue weighted by Crippen LogP contribution is -2.59. The van der Waals surface area contributed by atoms with Gasteiger partial charge in [-0.25, -0.2) is 9.78 Å². The number of ether oxygens (including phenoxy) is 1. The summed E-state index contributed by atoms with van der Waals surface area (Å²) in [5, 5.41) is 14.5. The topological polar surface area (TPSA) is 101 Å². The fraction of sp³-hybridized carbons (Fsp3) is 0.632. The Hall–Kier alpha value is -2.15. The molecule has 6 rings (SSSR count). The van der Waals surface area contributed by atoms with Crippen molar-refractivity contribution in [2.45, 2.75) is 50.7 Å². The predicted octanol–water partition coefficient (Wildman–Crippen LogP) is 1.91. The van der Waals surface area contributed by atoms with Gasteiger partial charge in [0.2, 0.25) is 0 Å². The molecule has 0 aromatic carbocycles. The molecule has 138 valence electrons. The third-order valence-electron chi connectivity index (χ3n) is 6.55. The van der Waals surface area contributed by atoms with E-state index in [4.69, 9.17) is 4.74 Å². The summed E-state index contributed by atoms with van der Waals surface area (Å²) in [7, 11) is 0. The number of H-pyrrole nitrogens is 2. The largest absolute Gasteiger partial charge is 0.462 e. The van der Waals surface area contributed by atoms with Crippen molar-refractivity contribution in [3.63, 3.8) is 0 Å². The molecule has 0 radical (unpaired) electrons. The van der Waals surface area contributed by atoms with Crippen LogP contribution in [0.4, 0.5) is 5.69 Å². The van der Waals surface area contributed by atoms with Gasteiger partial charge < -0.3 is 15.2 Å². The fourth-order valence-electron chi connectivity index (χ4n) is 5.84. The Bertz CT molecular complexity index is 848. The van der Waals surface area contributed by atoms with E-state index >= 15 is 0 Å². The van der Waals surface area contributed by atoms with E-state index in [1.807, 2.05) is 0 Å². The minimum absolute atomic E-state index is 0.272. The average molecular weight is 357 g/mol. The first-order chi connectivity index (χ1) is 12.6. The molecule has 4 N–H and O–H groups in total. The summed E-state index contributed by atoms with van der Waals surface area (Å²) >= 11 is 0. The summed E-state index contributed by atoms with van der Waals surface area (Å²) in [6, 6.07) is 0.272. The van der Waals surface area contributed by atoms with Crippen LogP contribution in [0.2, 0.25) is 0 Å². The molecule has 5 atom stereocenters. The Balaban J connectivity index is 1.52. The normalized spacial score (nSPS) is 35.0. The Morgan fingerprint density at radius 3 is 2.88 bits per heavy atom. The highest BCUT2D eigenvalue weighted by atomic mass is 16.5. The van der Waals surface area contributed by atoms with Crippen LogP contribution >= 0.6 is 0 Å². The number of hydrogen-bond acceptors (Lipinski definition) is 5. The maximum Gasteiger partial charge on any atom is 0.343 e. The molecule has 7 nitrogen and oxygen atoms in total. The van der Waals surface area contributed by atoms with Crippen molar-refractivity contribution in [3.05, 3.63) is 18.1 Å². The number of aromatic nitrogens is 3. The van der Waals surface area contributed by atoms with Crippen molar-refractivity contribution in [2.75, 3.05) is 11.9 Å². The number of nitrogens with zero attached hydrogens (tertiary/aromatic N) is 1. The number of imidazole rings is 1. The summed E-state index contributed by atoms with van der Waals surface area (Å²) in [6.07, 6.45) is 8.31. The molecule has 7 heteroatoms. The molecule has 4 aliphatic rings. The van der Waals surface area contributed by atoms with E-state index < -0.39 is 5.60 Å². The van der Waals surface area contributed by atoms with E-state index in [2.05, 4.69) is 20.3 Å². The third-order valence-corrected chi connectivity index (χ3v) is 6.55. The number of aromatic amines is 2.